The van der Waals surface area contributed by atoms with Gasteiger partial charge in [-0.2, -0.15) is 10.3 Å². The fourth-order valence-electron chi connectivity index (χ4n) is 1.87. The van der Waals surface area contributed by atoms with Crippen molar-refractivity contribution < 1.29 is 43.6 Å². The van der Waals surface area contributed by atoms with E-state index in [1.54, 1.807) is 49.3 Å². The molecule has 1 N–H and O–H groups in total. The van der Waals surface area contributed by atoms with Crippen LogP contribution in [0.25, 0.3) is 0 Å². The zero-order chi connectivity index (χ0) is 17.7. The van der Waals surface area contributed by atoms with Crippen molar-refractivity contribution in [2.24, 2.45) is 0 Å². The minimum Gasteiger partial charge on any atom is -0.164 e. The summed E-state index contributed by atoms with van der Waals surface area (Å²) in [5.74, 6) is 0. The fourth-order valence-corrected chi connectivity index (χ4v) is 1.87. The molecule has 0 spiro atoms. The lowest BCUT2D eigenvalue weighted by molar-refractivity contribution is -1.53. The molecular formula is C12H35N5O5+4. The lowest BCUT2D eigenvalue weighted by atomic mass is 10.9. The molecule has 0 saturated carbocycles. The van der Waals surface area contributed by atoms with Crippen molar-refractivity contribution in [3.63, 3.8) is 0 Å². The summed E-state index contributed by atoms with van der Waals surface area (Å²) in [6.45, 7) is 2.68. The van der Waals surface area contributed by atoms with Crippen LogP contribution in [-0.4, -0.2) is 95.8 Å². The molecular weight excluding hydrogens is 294 g/mol. The number of rotatable bonds is 11. The first-order valence-electron chi connectivity index (χ1n) is 7.16. The molecule has 0 bridgehead atoms. The Morgan fingerprint density at radius 1 is 0.727 bits per heavy atom. The normalized spacial score (nSPS) is 14.5. The summed E-state index contributed by atoms with van der Waals surface area (Å²) < 4.78 is 0.163. The van der Waals surface area contributed by atoms with Crippen LogP contribution in [0.4, 0.5) is 0 Å². The quantitative estimate of drug-likeness (QED) is 0.324. The van der Waals surface area contributed by atoms with E-state index in [1.807, 2.05) is 21.0 Å². The molecule has 0 heterocycles. The van der Waals surface area contributed by atoms with Gasteiger partial charge < -0.3 is 0 Å². The monoisotopic (exact) mass is 329 g/mol. The van der Waals surface area contributed by atoms with Gasteiger partial charge in [0.2, 0.25) is 0 Å². The minimum absolute atomic E-state index is 0.103. The molecule has 0 aromatic carbocycles. The van der Waals surface area contributed by atoms with Crippen molar-refractivity contribution in [1.29, 1.82) is 0 Å². The summed E-state index contributed by atoms with van der Waals surface area (Å²) in [7, 11) is 15.9. The maximum Gasteiger partial charge on any atom is 0.270 e. The smallest absolute Gasteiger partial charge is 0.164 e. The molecule has 0 fully saturated rings. The van der Waals surface area contributed by atoms with Crippen LogP contribution in [0.2, 0.25) is 0 Å². The number of nitrogens with one attached hydrogen (secondary N) is 1. The topological polar surface area (TPSA) is 58.2 Å². The van der Waals surface area contributed by atoms with Crippen molar-refractivity contribution in [3.05, 3.63) is 0 Å². The van der Waals surface area contributed by atoms with Gasteiger partial charge in [0.1, 0.15) is 63.0 Å². The molecule has 10 nitrogen and oxygen atoms in total. The maximum absolute atomic E-state index is 5.83. The van der Waals surface area contributed by atoms with E-state index in [-0.39, 0.29) is 25.8 Å². The highest BCUT2D eigenvalue weighted by Gasteiger charge is 2.43. The van der Waals surface area contributed by atoms with Crippen LogP contribution >= 0.6 is 0 Å². The Morgan fingerprint density at radius 2 is 1.18 bits per heavy atom. The SMILES string of the molecule is CCO[N+](C)(C)O[N+](C)(C)O[N+](C)(C)OC[N+](C)(C)ONC. The van der Waals surface area contributed by atoms with E-state index in [0.717, 1.165) is 0 Å². The highest BCUT2D eigenvalue weighted by atomic mass is 17.2. The first-order chi connectivity index (χ1) is 9.74. The van der Waals surface area contributed by atoms with Crippen LogP contribution in [0.5, 0.6) is 0 Å². The van der Waals surface area contributed by atoms with Gasteiger partial charge in [-0.1, -0.05) is 4.84 Å². The second-order valence-corrected chi connectivity index (χ2v) is 6.46. The summed E-state index contributed by atoms with van der Waals surface area (Å²) in [6.07, 6.45) is 0. The molecule has 0 atom stereocenters. The minimum atomic E-state index is -0.222. The Bertz CT molecular complexity index is 336. The van der Waals surface area contributed by atoms with Gasteiger partial charge >= 0.3 is 0 Å². The Morgan fingerprint density at radius 3 is 1.59 bits per heavy atom. The molecule has 0 unspecified atom stereocenters. The molecule has 22 heavy (non-hydrogen) atoms. The Hall–Kier alpha value is -0.400. The first kappa shape index (κ1) is 21.6. The van der Waals surface area contributed by atoms with Crippen LogP contribution in [0.3, 0.4) is 0 Å². The van der Waals surface area contributed by atoms with Gasteiger partial charge in [0.25, 0.3) is 6.73 Å². The van der Waals surface area contributed by atoms with E-state index < -0.39 is 0 Å². The average molecular weight is 329 g/mol. The largest absolute Gasteiger partial charge is 0.270 e. The predicted octanol–water partition coefficient (Wildman–Crippen LogP) is -0.108. The lowest BCUT2D eigenvalue weighted by Crippen LogP contribution is -2.60. The van der Waals surface area contributed by atoms with Crippen LogP contribution in [-0.2, 0) is 24.5 Å². The second kappa shape index (κ2) is 7.93. The van der Waals surface area contributed by atoms with Crippen molar-refractivity contribution in [2.45, 2.75) is 6.92 Å². The Kier molecular flexibility index (Phi) is 7.78. The van der Waals surface area contributed by atoms with Gasteiger partial charge in [-0.15, -0.1) is 9.58 Å². The maximum atomic E-state index is 5.83. The van der Waals surface area contributed by atoms with Crippen LogP contribution in [0, 0.1) is 0 Å². The predicted molar refractivity (Wildman–Crippen MR) is 78.3 cm³/mol. The summed E-state index contributed by atoms with van der Waals surface area (Å²) in [4.78, 5) is 27.6. The van der Waals surface area contributed by atoms with Gasteiger partial charge in [-0.05, 0) is 6.92 Å². The number of hydrogen-bond acceptors (Lipinski definition) is 6. The van der Waals surface area contributed by atoms with Gasteiger partial charge in [-0.25, -0.2) is 0 Å². The summed E-state index contributed by atoms with van der Waals surface area (Å²) in [5.41, 5.74) is 2.63. The number of hydroxylamine groups is 16. The summed E-state index contributed by atoms with van der Waals surface area (Å²) >= 11 is 0. The molecule has 0 aromatic rings. The first-order valence-corrected chi connectivity index (χ1v) is 7.16. The van der Waals surface area contributed by atoms with E-state index in [1.165, 1.54) is 0 Å². The van der Waals surface area contributed by atoms with Crippen LogP contribution in [0.1, 0.15) is 6.92 Å². The standard InChI is InChI=1S/C12H35N5O5/c1-11-18-15(5,6)21-17(9,10)22-16(7,8)19-12-14(3,4)20-13-2/h13H,11-12H2,1-10H3/q+4. The van der Waals surface area contributed by atoms with Crippen LogP contribution in [0.15, 0.2) is 0 Å². The van der Waals surface area contributed by atoms with E-state index in [0.29, 0.717) is 6.61 Å². The molecule has 0 rings (SSSR count). The highest BCUT2D eigenvalue weighted by molar-refractivity contribution is 3.94. The van der Waals surface area contributed by atoms with Crippen molar-refractivity contribution >= 4 is 0 Å². The number of quaternary nitrogens is 4. The molecule has 0 saturated heterocycles. The van der Waals surface area contributed by atoms with E-state index >= 15 is 0 Å². The molecule has 0 aliphatic rings. The zero-order valence-electron chi connectivity index (χ0n) is 15.7. The fraction of sp³-hybridized carbons (Fsp3) is 1.00. The Labute approximate surface area is 133 Å². The molecule has 10 heteroatoms. The van der Waals surface area contributed by atoms with E-state index in [2.05, 4.69) is 5.48 Å². The lowest BCUT2D eigenvalue weighted by Gasteiger charge is -2.33. The van der Waals surface area contributed by atoms with Gasteiger partial charge in [-0.3, -0.25) is 0 Å². The van der Waals surface area contributed by atoms with Crippen molar-refractivity contribution in [2.75, 3.05) is 76.8 Å². The molecule has 0 radical (unpaired) electrons. The van der Waals surface area contributed by atoms with Crippen molar-refractivity contribution in [3.8, 4) is 0 Å². The Balaban J connectivity index is 4.61. The van der Waals surface area contributed by atoms with E-state index in [9.17, 15) is 0 Å². The summed E-state index contributed by atoms with van der Waals surface area (Å²) in [5, 5.41) is 0. The van der Waals surface area contributed by atoms with Gasteiger partial charge in [0.05, 0.1) is 14.7 Å². The third-order valence-corrected chi connectivity index (χ3v) is 2.24. The van der Waals surface area contributed by atoms with Gasteiger partial charge in [0, 0.05) is 16.7 Å². The third kappa shape index (κ3) is 9.58. The highest BCUT2D eigenvalue weighted by Crippen LogP contribution is 2.16. The number of nitrogens with zero attached hydrogens (tertiary/aromatic N) is 4. The molecule has 0 amide bonds. The molecule has 0 aliphatic heterocycles. The average Bonchev–Trinajstić information content (AvgIpc) is 2.23. The van der Waals surface area contributed by atoms with E-state index in [4.69, 9.17) is 24.5 Å². The number of hydrogen-bond donors (Lipinski definition) is 1. The molecule has 0 aromatic heterocycles. The van der Waals surface area contributed by atoms with Crippen molar-refractivity contribution in [1.82, 2.24) is 5.48 Å². The molecule has 134 valence electrons. The molecule has 0 aliphatic carbocycles. The summed E-state index contributed by atoms with van der Waals surface area (Å²) in [6, 6.07) is 0. The van der Waals surface area contributed by atoms with Gasteiger partial charge in [0.15, 0.2) is 0 Å². The van der Waals surface area contributed by atoms with Crippen LogP contribution < -0.4 is 5.48 Å². The zero-order valence-corrected chi connectivity index (χ0v) is 15.7. The third-order valence-electron chi connectivity index (χ3n) is 2.24. The second-order valence-electron chi connectivity index (χ2n) is 6.46.